The van der Waals surface area contributed by atoms with Crippen molar-refractivity contribution in [1.29, 1.82) is 0 Å². The van der Waals surface area contributed by atoms with E-state index in [2.05, 4.69) is 0 Å². The van der Waals surface area contributed by atoms with Crippen LogP contribution in [0.4, 0.5) is 0 Å². The number of carboxylic acids is 2. The van der Waals surface area contributed by atoms with Crippen LogP contribution in [0.5, 0.6) is 0 Å². The van der Waals surface area contributed by atoms with E-state index in [9.17, 15) is 9.59 Å². The Morgan fingerprint density at radius 1 is 0.722 bits per heavy atom. The van der Waals surface area contributed by atoms with Crippen molar-refractivity contribution in [1.82, 2.24) is 0 Å². The third-order valence-corrected chi connectivity index (χ3v) is 2.89. The highest BCUT2D eigenvalue weighted by atomic mass is 16.4. The van der Waals surface area contributed by atoms with E-state index in [4.69, 9.17) is 10.2 Å². The van der Waals surface area contributed by atoms with Crippen LogP contribution in [0.1, 0.15) is 59.2 Å². The predicted octanol–water partition coefficient (Wildman–Crippen LogP) is 3.42. The van der Waals surface area contributed by atoms with Gasteiger partial charge in [-0.25, -0.2) is 9.59 Å². The second-order valence-corrected chi connectivity index (χ2v) is 4.28. The summed E-state index contributed by atoms with van der Waals surface area (Å²) in [5, 5.41) is 17.1. The van der Waals surface area contributed by atoms with Gasteiger partial charge in [0.1, 0.15) is 0 Å². The van der Waals surface area contributed by atoms with Gasteiger partial charge in [0.05, 0.1) is 11.1 Å². The van der Waals surface area contributed by atoms with Crippen molar-refractivity contribution in [3.63, 3.8) is 0 Å². The fraction of sp³-hybridized carbons (Fsp3) is 0.429. The minimum absolute atomic E-state index is 0.190. The van der Waals surface area contributed by atoms with Gasteiger partial charge >= 0.3 is 11.9 Å². The van der Waals surface area contributed by atoms with Gasteiger partial charge in [-0.15, -0.1) is 0 Å². The van der Waals surface area contributed by atoms with Crippen LogP contribution < -0.4 is 0 Å². The number of hydrogen-bond acceptors (Lipinski definition) is 2. The van der Waals surface area contributed by atoms with Crippen molar-refractivity contribution >= 4 is 11.9 Å². The molecule has 1 fully saturated rings. The molecule has 0 bridgehead atoms. The largest absolute Gasteiger partial charge is 0.478 e. The molecule has 1 aromatic rings. The van der Waals surface area contributed by atoms with Crippen molar-refractivity contribution in [2.24, 2.45) is 0 Å². The molecule has 0 heterocycles. The van der Waals surface area contributed by atoms with Gasteiger partial charge in [0, 0.05) is 0 Å². The number of rotatable bonds is 2. The molecule has 0 spiro atoms. The van der Waals surface area contributed by atoms with Gasteiger partial charge < -0.3 is 10.2 Å². The Balaban J connectivity index is 0.000000225. The van der Waals surface area contributed by atoms with E-state index in [0.29, 0.717) is 0 Å². The first-order valence-electron chi connectivity index (χ1n) is 6.18. The second kappa shape index (κ2) is 7.48. The summed E-state index contributed by atoms with van der Waals surface area (Å²) in [5.74, 6) is -2.46. The van der Waals surface area contributed by atoms with E-state index in [-0.39, 0.29) is 11.1 Å². The molecule has 2 rings (SSSR count). The normalized spacial score (nSPS) is 14.2. The molecule has 0 aliphatic heterocycles. The van der Waals surface area contributed by atoms with E-state index >= 15 is 0 Å². The topological polar surface area (TPSA) is 74.6 Å². The minimum atomic E-state index is -1.23. The molecule has 4 heteroatoms. The minimum Gasteiger partial charge on any atom is -0.478 e. The zero-order valence-corrected chi connectivity index (χ0v) is 10.3. The van der Waals surface area contributed by atoms with Crippen LogP contribution in [-0.4, -0.2) is 22.2 Å². The Hall–Kier alpha value is -1.84. The number of benzene rings is 1. The van der Waals surface area contributed by atoms with Crippen LogP contribution in [0.3, 0.4) is 0 Å². The summed E-state index contributed by atoms with van der Waals surface area (Å²) in [6.45, 7) is 0. The molecular weight excluding hydrogens is 232 g/mol. The maximum Gasteiger partial charge on any atom is 0.336 e. The lowest BCUT2D eigenvalue weighted by Gasteiger charge is -2.05. The first kappa shape index (κ1) is 14.2. The standard InChI is InChI=1S/C8H6O4.C6H12/c9-7(10)5-3-1-2-4-6(5)8(11)12;1-2-4-6-5-3-1/h1-4H,(H,9,10)(H,11,12);1-6H2. The van der Waals surface area contributed by atoms with Gasteiger partial charge in [0.15, 0.2) is 0 Å². The van der Waals surface area contributed by atoms with E-state index < -0.39 is 11.9 Å². The summed E-state index contributed by atoms with van der Waals surface area (Å²) in [4.78, 5) is 20.9. The van der Waals surface area contributed by atoms with Crippen LogP contribution in [0.25, 0.3) is 0 Å². The first-order chi connectivity index (χ1) is 8.63. The number of aromatic carboxylic acids is 2. The molecule has 18 heavy (non-hydrogen) atoms. The summed E-state index contributed by atoms with van der Waals surface area (Å²) in [7, 11) is 0. The molecule has 2 N–H and O–H groups in total. The zero-order chi connectivity index (χ0) is 13.4. The van der Waals surface area contributed by atoms with Crippen LogP contribution in [0, 0.1) is 0 Å². The summed E-state index contributed by atoms with van der Waals surface area (Å²) >= 11 is 0. The highest BCUT2D eigenvalue weighted by Gasteiger charge is 2.13. The number of carboxylic acid groups (broad SMARTS) is 2. The Bertz CT molecular complexity index is 364. The van der Waals surface area contributed by atoms with Crippen molar-refractivity contribution in [2.45, 2.75) is 38.5 Å². The molecule has 0 atom stereocenters. The predicted molar refractivity (Wildman–Crippen MR) is 68.1 cm³/mol. The number of hydrogen-bond donors (Lipinski definition) is 2. The summed E-state index contributed by atoms with van der Waals surface area (Å²) < 4.78 is 0. The van der Waals surface area contributed by atoms with Crippen molar-refractivity contribution in [3.8, 4) is 0 Å². The molecule has 0 radical (unpaired) electrons. The van der Waals surface area contributed by atoms with Gasteiger partial charge in [0.25, 0.3) is 0 Å². The van der Waals surface area contributed by atoms with Crippen LogP contribution >= 0.6 is 0 Å². The third kappa shape index (κ3) is 4.57. The van der Waals surface area contributed by atoms with Crippen molar-refractivity contribution < 1.29 is 19.8 Å². The summed E-state index contributed by atoms with van der Waals surface area (Å²) in [6.07, 6.45) is 9.00. The monoisotopic (exact) mass is 250 g/mol. The van der Waals surface area contributed by atoms with E-state index in [0.717, 1.165) is 0 Å². The smallest absolute Gasteiger partial charge is 0.336 e. The molecule has 1 aliphatic rings. The summed E-state index contributed by atoms with van der Waals surface area (Å²) in [6, 6.07) is 5.48. The fourth-order valence-corrected chi connectivity index (χ4v) is 1.92. The molecule has 1 saturated carbocycles. The fourth-order valence-electron chi connectivity index (χ4n) is 1.92. The molecule has 1 aromatic carbocycles. The average Bonchev–Trinajstić information content (AvgIpc) is 2.41. The van der Waals surface area contributed by atoms with Crippen molar-refractivity contribution in [3.05, 3.63) is 35.4 Å². The Morgan fingerprint density at radius 2 is 1.00 bits per heavy atom. The lowest BCUT2D eigenvalue weighted by Crippen LogP contribution is -2.06. The highest BCUT2D eigenvalue weighted by Crippen LogP contribution is 2.15. The van der Waals surface area contributed by atoms with E-state index in [1.165, 1.54) is 62.8 Å². The Kier molecular flexibility index (Phi) is 5.91. The molecule has 4 nitrogen and oxygen atoms in total. The van der Waals surface area contributed by atoms with Gasteiger partial charge in [-0.05, 0) is 12.1 Å². The SMILES string of the molecule is C1CCCCC1.O=C(O)c1ccccc1C(=O)O. The third-order valence-electron chi connectivity index (χ3n) is 2.89. The van der Waals surface area contributed by atoms with E-state index in [1.54, 1.807) is 0 Å². The maximum absolute atomic E-state index is 10.5. The maximum atomic E-state index is 10.5. The van der Waals surface area contributed by atoms with Gasteiger partial charge in [-0.1, -0.05) is 50.7 Å². The lowest BCUT2D eigenvalue weighted by atomic mass is 10.0. The number of carbonyl (C=O) groups is 2. The van der Waals surface area contributed by atoms with Gasteiger partial charge in [-0.3, -0.25) is 0 Å². The van der Waals surface area contributed by atoms with Crippen molar-refractivity contribution in [2.75, 3.05) is 0 Å². The molecule has 1 aliphatic carbocycles. The van der Waals surface area contributed by atoms with Crippen LogP contribution in [0.15, 0.2) is 24.3 Å². The molecule has 0 aromatic heterocycles. The highest BCUT2D eigenvalue weighted by molar-refractivity contribution is 6.01. The molecule has 0 amide bonds. The second-order valence-electron chi connectivity index (χ2n) is 4.28. The molecule has 0 unspecified atom stereocenters. The average molecular weight is 250 g/mol. The van der Waals surface area contributed by atoms with Gasteiger partial charge in [0.2, 0.25) is 0 Å². The zero-order valence-electron chi connectivity index (χ0n) is 10.3. The Morgan fingerprint density at radius 3 is 1.22 bits per heavy atom. The summed E-state index contributed by atoms with van der Waals surface area (Å²) in [5.41, 5.74) is -0.380. The Labute approximate surface area is 106 Å². The first-order valence-corrected chi connectivity index (χ1v) is 6.18. The van der Waals surface area contributed by atoms with Gasteiger partial charge in [-0.2, -0.15) is 0 Å². The lowest BCUT2D eigenvalue weighted by molar-refractivity contribution is 0.0651. The van der Waals surface area contributed by atoms with Crippen LogP contribution in [-0.2, 0) is 0 Å². The molecule has 0 saturated heterocycles. The molecule has 98 valence electrons. The van der Waals surface area contributed by atoms with Crippen LogP contribution in [0.2, 0.25) is 0 Å². The van der Waals surface area contributed by atoms with E-state index in [1.807, 2.05) is 0 Å². The molecular formula is C14H18O4. The quantitative estimate of drug-likeness (QED) is 0.843.